The molecular weight excluding hydrogens is 332 g/mol. The first-order chi connectivity index (χ1) is 13.1. The summed E-state index contributed by atoms with van der Waals surface area (Å²) in [6.07, 6.45) is 13.4. The molecule has 4 heteroatoms. The van der Waals surface area contributed by atoms with Crippen LogP contribution in [0.3, 0.4) is 0 Å². The lowest BCUT2D eigenvalue weighted by Gasteiger charge is -2.14. The molecule has 0 fully saturated rings. The molecule has 2 aromatic rings. The molecule has 4 N–H and O–H groups in total. The Labute approximate surface area is 162 Å². The molecule has 0 amide bonds. The lowest BCUT2D eigenvalue weighted by atomic mass is 9.94. The zero-order chi connectivity index (χ0) is 19.6. The molecular formula is C23H30N4. The summed E-state index contributed by atoms with van der Waals surface area (Å²) in [4.78, 5) is 4.17. The monoisotopic (exact) mass is 362 g/mol. The Kier molecular flexibility index (Phi) is 7.80. The number of nitrogens with two attached hydrogens (primary N) is 1. The van der Waals surface area contributed by atoms with Crippen LogP contribution < -0.4 is 11.1 Å². The second kappa shape index (κ2) is 10.3. The van der Waals surface area contributed by atoms with Crippen molar-refractivity contribution >= 4 is 23.6 Å². The van der Waals surface area contributed by atoms with E-state index in [0.717, 1.165) is 29.7 Å². The predicted octanol–water partition coefficient (Wildman–Crippen LogP) is 5.26. The Morgan fingerprint density at radius 2 is 2.07 bits per heavy atom. The van der Waals surface area contributed by atoms with Gasteiger partial charge in [0.05, 0.1) is 0 Å². The molecule has 0 saturated carbocycles. The molecule has 0 spiro atoms. The van der Waals surface area contributed by atoms with E-state index >= 15 is 0 Å². The molecule has 4 nitrogen and oxygen atoms in total. The minimum absolute atomic E-state index is 0.666. The van der Waals surface area contributed by atoms with Crippen molar-refractivity contribution in [2.45, 2.75) is 40.0 Å². The van der Waals surface area contributed by atoms with Gasteiger partial charge in [0.1, 0.15) is 0 Å². The Hall–Kier alpha value is -2.88. The molecule has 0 aliphatic rings. The van der Waals surface area contributed by atoms with Gasteiger partial charge in [0.25, 0.3) is 0 Å². The third kappa shape index (κ3) is 5.55. The van der Waals surface area contributed by atoms with Gasteiger partial charge in [-0.05, 0) is 59.7 Å². The van der Waals surface area contributed by atoms with E-state index in [0.29, 0.717) is 11.5 Å². The van der Waals surface area contributed by atoms with Crippen LogP contribution in [-0.2, 0) is 12.8 Å². The summed E-state index contributed by atoms with van der Waals surface area (Å²) in [6, 6.07) is 8.46. The number of aryl methyl sites for hydroxylation is 1. The van der Waals surface area contributed by atoms with E-state index in [-0.39, 0.29) is 0 Å². The second-order valence-electron chi connectivity index (χ2n) is 6.76. The highest BCUT2D eigenvalue weighted by atomic mass is 14.8. The summed E-state index contributed by atoms with van der Waals surface area (Å²) < 4.78 is 0. The van der Waals surface area contributed by atoms with Gasteiger partial charge in [0, 0.05) is 47.8 Å². The van der Waals surface area contributed by atoms with E-state index in [1.807, 2.05) is 18.3 Å². The average Bonchev–Trinajstić information content (AvgIpc) is 2.70. The number of pyridine rings is 1. The number of hydrogen-bond donors (Lipinski definition) is 3. The first-order valence-electron chi connectivity index (χ1n) is 9.54. The fourth-order valence-corrected chi connectivity index (χ4v) is 3.01. The average molecular weight is 363 g/mol. The topological polar surface area (TPSA) is 74.8 Å². The van der Waals surface area contributed by atoms with Crippen molar-refractivity contribution in [1.29, 1.82) is 5.41 Å². The van der Waals surface area contributed by atoms with Gasteiger partial charge < -0.3 is 16.5 Å². The highest BCUT2D eigenvalue weighted by Gasteiger charge is 2.07. The summed E-state index contributed by atoms with van der Waals surface area (Å²) in [7, 11) is 0. The lowest BCUT2D eigenvalue weighted by Crippen LogP contribution is -2.02. The van der Waals surface area contributed by atoms with Gasteiger partial charge in [-0.1, -0.05) is 33.3 Å². The molecule has 27 heavy (non-hydrogen) atoms. The van der Waals surface area contributed by atoms with E-state index in [1.54, 1.807) is 12.4 Å². The standard InChI is InChI=1S/C23H30N4/c1-4-17(3)12-19-6-7-22(13-18(19)5-2)27-11-8-20-16-26-10-9-23(20)21(14-24)15-25/h6-11,13-17,24,27H,4-5,12,25H2,1-3H3/b11-8+,21-15+,24-14?. The number of anilines is 1. The molecule has 2 rings (SSSR count). The van der Waals surface area contributed by atoms with Crippen LogP contribution in [0.25, 0.3) is 11.6 Å². The van der Waals surface area contributed by atoms with E-state index < -0.39 is 0 Å². The quantitative estimate of drug-likeness (QED) is 0.532. The van der Waals surface area contributed by atoms with Crippen molar-refractivity contribution in [3.63, 3.8) is 0 Å². The Morgan fingerprint density at radius 1 is 1.26 bits per heavy atom. The SMILES string of the molecule is CCc1cc(N/C=C/c2cnccc2/C(C=N)=C/N)ccc1CC(C)CC. The van der Waals surface area contributed by atoms with Crippen LogP contribution in [0.1, 0.15) is 49.4 Å². The smallest absolute Gasteiger partial charge is 0.0382 e. The van der Waals surface area contributed by atoms with Crippen LogP contribution in [0, 0.1) is 11.3 Å². The normalized spacial score (nSPS) is 12.9. The number of nitrogens with zero attached hydrogens (tertiary/aromatic N) is 1. The van der Waals surface area contributed by atoms with Gasteiger partial charge >= 0.3 is 0 Å². The number of aromatic nitrogens is 1. The zero-order valence-corrected chi connectivity index (χ0v) is 16.5. The summed E-state index contributed by atoms with van der Waals surface area (Å²) in [5.74, 6) is 0.705. The van der Waals surface area contributed by atoms with E-state index in [4.69, 9.17) is 11.1 Å². The summed E-state index contributed by atoms with van der Waals surface area (Å²) >= 11 is 0. The van der Waals surface area contributed by atoms with Gasteiger partial charge in [-0.2, -0.15) is 0 Å². The molecule has 0 aliphatic carbocycles. The summed E-state index contributed by atoms with van der Waals surface area (Å²) in [5.41, 5.74) is 12.0. The van der Waals surface area contributed by atoms with E-state index in [1.165, 1.54) is 30.0 Å². The van der Waals surface area contributed by atoms with Gasteiger partial charge in [-0.25, -0.2) is 0 Å². The Morgan fingerprint density at radius 3 is 2.74 bits per heavy atom. The van der Waals surface area contributed by atoms with Crippen LogP contribution in [0.5, 0.6) is 0 Å². The van der Waals surface area contributed by atoms with Gasteiger partial charge in [-0.15, -0.1) is 0 Å². The maximum Gasteiger partial charge on any atom is 0.0382 e. The second-order valence-corrected chi connectivity index (χ2v) is 6.76. The summed E-state index contributed by atoms with van der Waals surface area (Å²) in [6.45, 7) is 6.75. The number of nitrogens with one attached hydrogen (secondary N) is 2. The Bertz CT molecular complexity index is 821. The third-order valence-electron chi connectivity index (χ3n) is 4.86. The number of allylic oxidation sites excluding steroid dienone is 1. The molecule has 0 radical (unpaired) electrons. The molecule has 1 atom stereocenters. The molecule has 142 valence electrons. The lowest BCUT2D eigenvalue weighted by molar-refractivity contribution is 0.558. The minimum Gasteiger partial charge on any atom is -0.404 e. The van der Waals surface area contributed by atoms with Crippen molar-refractivity contribution in [2.75, 3.05) is 5.32 Å². The fourth-order valence-electron chi connectivity index (χ4n) is 3.01. The van der Waals surface area contributed by atoms with Gasteiger partial charge in [-0.3, -0.25) is 4.98 Å². The highest BCUT2D eigenvalue weighted by Crippen LogP contribution is 2.22. The molecule has 1 heterocycles. The van der Waals surface area contributed by atoms with Crippen molar-refractivity contribution in [1.82, 2.24) is 4.98 Å². The molecule has 1 unspecified atom stereocenters. The predicted molar refractivity (Wildman–Crippen MR) is 117 cm³/mol. The molecule has 0 saturated heterocycles. The highest BCUT2D eigenvalue weighted by molar-refractivity contribution is 6.09. The van der Waals surface area contributed by atoms with Crippen molar-refractivity contribution in [3.8, 4) is 0 Å². The summed E-state index contributed by atoms with van der Waals surface area (Å²) in [5, 5.41) is 10.8. The van der Waals surface area contributed by atoms with Crippen molar-refractivity contribution in [3.05, 3.63) is 71.3 Å². The number of hydrogen-bond acceptors (Lipinski definition) is 4. The van der Waals surface area contributed by atoms with E-state index in [2.05, 4.69) is 49.3 Å². The molecule has 1 aromatic heterocycles. The van der Waals surface area contributed by atoms with Gasteiger partial charge in [0.15, 0.2) is 0 Å². The first kappa shape index (κ1) is 20.4. The van der Waals surface area contributed by atoms with Crippen molar-refractivity contribution in [2.24, 2.45) is 11.7 Å². The molecule has 1 aromatic carbocycles. The Balaban J connectivity index is 2.16. The number of benzene rings is 1. The largest absolute Gasteiger partial charge is 0.404 e. The third-order valence-corrected chi connectivity index (χ3v) is 4.86. The van der Waals surface area contributed by atoms with Crippen LogP contribution >= 0.6 is 0 Å². The number of rotatable bonds is 9. The van der Waals surface area contributed by atoms with Gasteiger partial charge in [0.2, 0.25) is 0 Å². The molecule has 0 bridgehead atoms. The van der Waals surface area contributed by atoms with E-state index in [9.17, 15) is 0 Å². The van der Waals surface area contributed by atoms with Crippen LogP contribution in [0.15, 0.2) is 49.1 Å². The van der Waals surface area contributed by atoms with Crippen LogP contribution in [0.4, 0.5) is 5.69 Å². The van der Waals surface area contributed by atoms with Crippen LogP contribution in [-0.4, -0.2) is 11.2 Å². The molecule has 0 aliphatic heterocycles. The minimum atomic E-state index is 0.666. The van der Waals surface area contributed by atoms with Crippen molar-refractivity contribution < 1.29 is 0 Å². The fraction of sp³-hybridized carbons (Fsp3) is 0.304. The van der Waals surface area contributed by atoms with Crippen LogP contribution in [0.2, 0.25) is 0 Å². The maximum absolute atomic E-state index is 7.50. The zero-order valence-electron chi connectivity index (χ0n) is 16.5. The first-order valence-corrected chi connectivity index (χ1v) is 9.54. The maximum atomic E-state index is 7.50.